The Labute approximate surface area is 219 Å². The summed E-state index contributed by atoms with van der Waals surface area (Å²) in [5.41, 5.74) is 1.09. The molecule has 2 aromatic rings. The number of carbonyl (C=O) groups is 2. The van der Waals surface area contributed by atoms with E-state index in [2.05, 4.69) is 13.8 Å². The van der Waals surface area contributed by atoms with Crippen LogP contribution in [-0.4, -0.2) is 74.1 Å². The lowest BCUT2D eigenvalue weighted by atomic mass is 9.95. The van der Waals surface area contributed by atoms with Gasteiger partial charge in [0.1, 0.15) is 11.5 Å². The van der Waals surface area contributed by atoms with Crippen LogP contribution in [0.4, 0.5) is 0 Å². The molecule has 1 saturated heterocycles. The zero-order chi connectivity index (χ0) is 27.1. The summed E-state index contributed by atoms with van der Waals surface area (Å²) in [4.78, 5) is 29.9. The van der Waals surface area contributed by atoms with E-state index in [4.69, 9.17) is 14.2 Å². The monoisotopic (exact) mass is 510 g/mol. The number of rotatable bonds is 12. The van der Waals surface area contributed by atoms with Crippen molar-refractivity contribution in [1.29, 1.82) is 0 Å². The lowest BCUT2D eigenvalue weighted by Gasteiger charge is -2.27. The van der Waals surface area contributed by atoms with Crippen LogP contribution >= 0.6 is 0 Å². The third-order valence-electron chi connectivity index (χ3n) is 6.20. The molecule has 0 saturated carbocycles. The number of hydrogen-bond acceptors (Lipinski definition) is 7. The second-order valence-corrected chi connectivity index (χ2v) is 9.70. The van der Waals surface area contributed by atoms with Gasteiger partial charge >= 0.3 is 0 Å². The van der Waals surface area contributed by atoms with E-state index < -0.39 is 17.7 Å². The minimum atomic E-state index is -0.783. The largest absolute Gasteiger partial charge is 0.507 e. The van der Waals surface area contributed by atoms with Gasteiger partial charge in [-0.15, -0.1) is 0 Å². The molecule has 0 spiro atoms. The summed E-state index contributed by atoms with van der Waals surface area (Å²) in [7, 11) is 5.35. The summed E-state index contributed by atoms with van der Waals surface area (Å²) < 4.78 is 17.1. The molecule has 1 heterocycles. The third kappa shape index (κ3) is 6.63. The quantitative estimate of drug-likeness (QED) is 0.255. The molecule has 1 N–H and O–H groups in total. The highest BCUT2D eigenvalue weighted by Gasteiger charge is 2.46. The summed E-state index contributed by atoms with van der Waals surface area (Å²) in [6, 6.07) is 11.5. The number of methoxy groups -OCH3 is 1. The average Bonchev–Trinajstić information content (AvgIpc) is 3.12. The summed E-state index contributed by atoms with van der Waals surface area (Å²) in [6.45, 7) is 8.00. The van der Waals surface area contributed by atoms with Crippen LogP contribution in [0.3, 0.4) is 0 Å². The highest BCUT2D eigenvalue weighted by Crippen LogP contribution is 2.42. The molecule has 1 aliphatic rings. The fourth-order valence-corrected chi connectivity index (χ4v) is 4.20. The van der Waals surface area contributed by atoms with Gasteiger partial charge in [-0.25, -0.2) is 0 Å². The molecule has 0 radical (unpaired) electrons. The van der Waals surface area contributed by atoms with E-state index in [1.807, 2.05) is 32.0 Å². The van der Waals surface area contributed by atoms with Crippen LogP contribution < -0.4 is 14.2 Å². The van der Waals surface area contributed by atoms with Gasteiger partial charge in [-0.1, -0.05) is 32.0 Å². The van der Waals surface area contributed by atoms with Crippen LogP contribution in [0.25, 0.3) is 5.76 Å². The van der Waals surface area contributed by atoms with Crippen LogP contribution in [0.2, 0.25) is 0 Å². The highest BCUT2D eigenvalue weighted by atomic mass is 16.5. The SMILES string of the molecule is CCOc1cccc(/C(O)=C2\C(=O)C(=O)N(CCN(C)C)C2c2ccc(OCCC(C)C)c(OC)c2)c1. The predicted molar refractivity (Wildman–Crippen MR) is 143 cm³/mol. The van der Waals surface area contributed by atoms with Crippen molar-refractivity contribution in [2.75, 3.05) is 47.5 Å². The van der Waals surface area contributed by atoms with Gasteiger partial charge in [0, 0.05) is 18.7 Å². The summed E-state index contributed by atoms with van der Waals surface area (Å²) >= 11 is 0. The smallest absolute Gasteiger partial charge is 0.295 e. The molecule has 0 aliphatic carbocycles. The van der Waals surface area contributed by atoms with Crippen molar-refractivity contribution in [3.05, 3.63) is 59.2 Å². The fraction of sp³-hybridized carbons (Fsp3) is 0.448. The topological polar surface area (TPSA) is 88.5 Å². The molecule has 1 amide bonds. The van der Waals surface area contributed by atoms with Crippen molar-refractivity contribution < 1.29 is 28.9 Å². The van der Waals surface area contributed by atoms with Crippen LogP contribution in [0.5, 0.6) is 17.2 Å². The summed E-state index contributed by atoms with van der Waals surface area (Å²) in [5, 5.41) is 11.3. The van der Waals surface area contributed by atoms with E-state index in [0.29, 0.717) is 60.6 Å². The van der Waals surface area contributed by atoms with Gasteiger partial charge in [-0.3, -0.25) is 9.59 Å². The standard InChI is InChI=1S/C29H38N2O6/c1-7-36-22-10-8-9-21(17-22)27(32)25-26(31(15-14-30(4)5)29(34)28(25)33)20-11-12-23(24(18-20)35-6)37-16-13-19(2)3/h8-12,17-19,26,32H,7,13-16H2,1-6H3/b27-25+. The van der Waals surface area contributed by atoms with Gasteiger partial charge in [0.25, 0.3) is 11.7 Å². The number of hydrogen-bond donors (Lipinski definition) is 1. The molecular formula is C29H38N2O6. The molecule has 1 unspecified atom stereocenters. The number of aliphatic hydroxyl groups is 1. The van der Waals surface area contributed by atoms with Crippen molar-refractivity contribution in [3.63, 3.8) is 0 Å². The van der Waals surface area contributed by atoms with Crippen LogP contribution in [-0.2, 0) is 9.59 Å². The molecule has 0 aromatic heterocycles. The normalized spacial score (nSPS) is 17.1. The molecule has 0 bridgehead atoms. The van der Waals surface area contributed by atoms with E-state index in [1.165, 1.54) is 4.90 Å². The highest BCUT2D eigenvalue weighted by molar-refractivity contribution is 6.46. The van der Waals surface area contributed by atoms with E-state index in [-0.39, 0.29) is 11.3 Å². The summed E-state index contributed by atoms with van der Waals surface area (Å²) in [5.74, 6) is 0.537. The number of nitrogens with zero attached hydrogens (tertiary/aromatic N) is 2. The molecule has 200 valence electrons. The lowest BCUT2D eigenvalue weighted by Crippen LogP contribution is -2.35. The van der Waals surface area contributed by atoms with E-state index >= 15 is 0 Å². The molecule has 2 aromatic carbocycles. The van der Waals surface area contributed by atoms with Crippen LogP contribution in [0.15, 0.2) is 48.0 Å². The maximum Gasteiger partial charge on any atom is 0.295 e. The molecule has 37 heavy (non-hydrogen) atoms. The Morgan fingerprint density at radius 3 is 2.49 bits per heavy atom. The number of Topliss-reactive ketones (excluding diaryl/α,β-unsaturated/α-hetero) is 1. The van der Waals surface area contributed by atoms with Crippen molar-refractivity contribution in [2.45, 2.75) is 33.2 Å². The first-order valence-corrected chi connectivity index (χ1v) is 12.6. The molecule has 8 heteroatoms. The Hall–Kier alpha value is -3.52. The van der Waals surface area contributed by atoms with Crippen LogP contribution in [0.1, 0.15) is 44.4 Å². The molecule has 1 aliphatic heterocycles. The number of aliphatic hydroxyl groups excluding tert-OH is 1. The molecule has 1 atom stereocenters. The van der Waals surface area contributed by atoms with Gasteiger partial charge in [-0.05, 0) is 63.2 Å². The van der Waals surface area contributed by atoms with E-state index in [1.54, 1.807) is 43.5 Å². The number of ketones is 1. The number of amides is 1. The predicted octanol–water partition coefficient (Wildman–Crippen LogP) is 4.50. The zero-order valence-electron chi connectivity index (χ0n) is 22.6. The van der Waals surface area contributed by atoms with Gasteiger partial charge in [-0.2, -0.15) is 0 Å². The zero-order valence-corrected chi connectivity index (χ0v) is 22.6. The van der Waals surface area contributed by atoms with Gasteiger partial charge in [0.15, 0.2) is 11.5 Å². The number of likely N-dealkylation sites (N-methyl/N-ethyl adjacent to an activating group) is 1. The maximum atomic E-state index is 13.3. The van der Waals surface area contributed by atoms with Gasteiger partial charge in [0.2, 0.25) is 0 Å². The first kappa shape index (κ1) is 28.1. The van der Waals surface area contributed by atoms with Crippen molar-refractivity contribution >= 4 is 17.4 Å². The maximum absolute atomic E-state index is 13.3. The Morgan fingerprint density at radius 1 is 1.08 bits per heavy atom. The molecule has 1 fully saturated rings. The molecule has 8 nitrogen and oxygen atoms in total. The Morgan fingerprint density at radius 2 is 1.84 bits per heavy atom. The van der Waals surface area contributed by atoms with Crippen LogP contribution in [0, 0.1) is 5.92 Å². The number of ether oxygens (including phenoxy) is 3. The van der Waals surface area contributed by atoms with E-state index in [9.17, 15) is 14.7 Å². The average molecular weight is 511 g/mol. The lowest BCUT2D eigenvalue weighted by molar-refractivity contribution is -0.140. The Kier molecular flexibility index (Phi) is 9.58. The first-order chi connectivity index (χ1) is 17.7. The summed E-state index contributed by atoms with van der Waals surface area (Å²) in [6.07, 6.45) is 0.899. The number of likely N-dealkylation sites (tertiary alicyclic amines) is 1. The minimum Gasteiger partial charge on any atom is -0.507 e. The minimum absolute atomic E-state index is 0.0351. The molecular weight excluding hydrogens is 472 g/mol. The fourth-order valence-electron chi connectivity index (χ4n) is 4.20. The van der Waals surface area contributed by atoms with Gasteiger partial charge < -0.3 is 29.1 Å². The number of benzene rings is 2. The van der Waals surface area contributed by atoms with Crippen molar-refractivity contribution in [3.8, 4) is 17.2 Å². The Balaban J connectivity index is 2.09. The molecule has 3 rings (SSSR count). The second kappa shape index (κ2) is 12.6. The third-order valence-corrected chi connectivity index (χ3v) is 6.20. The Bertz CT molecular complexity index is 1140. The first-order valence-electron chi connectivity index (χ1n) is 12.6. The van der Waals surface area contributed by atoms with Gasteiger partial charge in [0.05, 0.1) is 31.9 Å². The number of carbonyl (C=O) groups excluding carboxylic acids is 2. The second-order valence-electron chi connectivity index (χ2n) is 9.70. The van der Waals surface area contributed by atoms with Crippen molar-refractivity contribution in [2.24, 2.45) is 5.92 Å². The van der Waals surface area contributed by atoms with E-state index in [0.717, 1.165) is 6.42 Å². The van der Waals surface area contributed by atoms with Crippen molar-refractivity contribution in [1.82, 2.24) is 9.80 Å².